The van der Waals surface area contributed by atoms with E-state index in [1.54, 1.807) is 18.2 Å². The minimum Gasteiger partial charge on any atom is -0.333 e. The van der Waals surface area contributed by atoms with E-state index in [9.17, 15) is 18.0 Å². The number of hydrogen-bond donors (Lipinski definition) is 0. The quantitative estimate of drug-likeness (QED) is 0.798. The summed E-state index contributed by atoms with van der Waals surface area (Å²) in [6.07, 6.45) is -3.48. The van der Waals surface area contributed by atoms with Crippen LogP contribution in [0.15, 0.2) is 24.4 Å². The second-order valence-corrected chi connectivity index (χ2v) is 6.22. The molecule has 1 aromatic heterocycles. The van der Waals surface area contributed by atoms with E-state index in [4.69, 9.17) is 23.2 Å². The number of aromatic nitrogens is 2. The van der Waals surface area contributed by atoms with Gasteiger partial charge in [0.15, 0.2) is 5.69 Å². The average Bonchev–Trinajstić information content (AvgIpc) is 2.95. The van der Waals surface area contributed by atoms with Gasteiger partial charge in [-0.2, -0.15) is 13.2 Å². The van der Waals surface area contributed by atoms with E-state index in [1.165, 1.54) is 9.47 Å². The zero-order valence-corrected chi connectivity index (χ0v) is 13.8. The Morgan fingerprint density at radius 1 is 1.25 bits per heavy atom. The molecule has 9 heteroatoms. The van der Waals surface area contributed by atoms with Crippen molar-refractivity contribution in [2.45, 2.75) is 25.7 Å². The molecule has 4 nitrogen and oxygen atoms in total. The molecule has 0 atom stereocenters. The van der Waals surface area contributed by atoms with Crippen LogP contribution in [-0.4, -0.2) is 26.9 Å². The molecule has 0 radical (unpaired) electrons. The predicted octanol–water partition coefficient (Wildman–Crippen LogP) is 3.79. The molecular formula is C15H12Cl2F3N3O. The van der Waals surface area contributed by atoms with Crippen molar-refractivity contribution in [3.05, 3.63) is 51.5 Å². The largest absolute Gasteiger partial charge is 0.434 e. The maximum Gasteiger partial charge on any atom is 0.434 e. The van der Waals surface area contributed by atoms with Crippen molar-refractivity contribution in [3.8, 4) is 0 Å². The third-order valence-corrected chi connectivity index (χ3v) is 4.68. The highest BCUT2D eigenvalue weighted by Gasteiger charge is 2.36. The Labute approximate surface area is 145 Å². The molecule has 0 spiro atoms. The molecule has 1 aromatic carbocycles. The molecule has 24 heavy (non-hydrogen) atoms. The lowest BCUT2D eigenvalue weighted by molar-refractivity contribution is -0.141. The van der Waals surface area contributed by atoms with Gasteiger partial charge in [0.1, 0.15) is 5.82 Å². The number of carbonyl (C=O) groups is 1. The molecule has 0 bridgehead atoms. The minimum absolute atomic E-state index is 0.0340. The number of benzene rings is 1. The lowest BCUT2D eigenvalue weighted by Gasteiger charge is -2.27. The Balaban J connectivity index is 1.74. The van der Waals surface area contributed by atoms with Gasteiger partial charge in [-0.1, -0.05) is 35.3 Å². The Hall–Kier alpha value is -1.73. The fourth-order valence-electron chi connectivity index (χ4n) is 2.56. The van der Waals surface area contributed by atoms with E-state index in [0.717, 1.165) is 6.20 Å². The van der Waals surface area contributed by atoms with Crippen molar-refractivity contribution in [3.63, 3.8) is 0 Å². The monoisotopic (exact) mass is 377 g/mol. The maximum absolute atomic E-state index is 12.7. The van der Waals surface area contributed by atoms with Crippen molar-refractivity contribution in [1.29, 1.82) is 0 Å². The van der Waals surface area contributed by atoms with Gasteiger partial charge in [-0.3, -0.25) is 4.79 Å². The summed E-state index contributed by atoms with van der Waals surface area (Å²) in [5.74, 6) is -0.0129. The van der Waals surface area contributed by atoms with Crippen LogP contribution in [0.25, 0.3) is 0 Å². The van der Waals surface area contributed by atoms with Crippen molar-refractivity contribution in [2.24, 2.45) is 0 Å². The maximum atomic E-state index is 12.7. The van der Waals surface area contributed by atoms with E-state index in [-0.39, 0.29) is 31.2 Å². The van der Waals surface area contributed by atoms with E-state index >= 15 is 0 Å². The molecule has 1 aliphatic heterocycles. The fourth-order valence-corrected chi connectivity index (χ4v) is 2.95. The number of hydrogen-bond acceptors (Lipinski definition) is 2. The van der Waals surface area contributed by atoms with Crippen LogP contribution in [0.5, 0.6) is 0 Å². The highest BCUT2D eigenvalue weighted by atomic mass is 35.5. The number of rotatable bonds is 2. The molecule has 2 aromatic rings. The molecule has 1 amide bonds. The van der Waals surface area contributed by atoms with Crippen LogP contribution in [0, 0.1) is 0 Å². The lowest BCUT2D eigenvalue weighted by Crippen LogP contribution is -2.39. The number of fused-ring (bicyclic) bond motifs is 1. The normalized spacial score (nSPS) is 14.6. The summed E-state index contributed by atoms with van der Waals surface area (Å²) < 4.78 is 39.6. The summed E-state index contributed by atoms with van der Waals surface area (Å²) in [7, 11) is 0. The van der Waals surface area contributed by atoms with Crippen molar-refractivity contribution in [1.82, 2.24) is 14.5 Å². The van der Waals surface area contributed by atoms with Crippen molar-refractivity contribution >= 4 is 29.1 Å². The fraction of sp³-hybridized carbons (Fsp3) is 0.333. The Morgan fingerprint density at radius 3 is 2.71 bits per heavy atom. The standard InChI is InChI=1S/C15H12Cl2F3N3O/c16-10-3-1-2-9(14(10)17)6-13(24)23-5-4-22-7-11(15(18,19)20)21-12(22)8-23/h1-3,7H,4-6,8H2. The zero-order valence-electron chi connectivity index (χ0n) is 12.3. The molecule has 128 valence electrons. The number of amides is 1. The predicted molar refractivity (Wildman–Crippen MR) is 82.8 cm³/mol. The summed E-state index contributed by atoms with van der Waals surface area (Å²) in [6.45, 7) is 0.623. The number of halogens is 5. The molecule has 3 rings (SSSR count). The average molecular weight is 378 g/mol. The summed E-state index contributed by atoms with van der Waals surface area (Å²) in [5.41, 5.74) is -0.358. The zero-order chi connectivity index (χ0) is 17.5. The van der Waals surface area contributed by atoms with Crippen molar-refractivity contribution in [2.75, 3.05) is 6.54 Å². The Kier molecular flexibility index (Phi) is 4.48. The lowest BCUT2D eigenvalue weighted by atomic mass is 10.1. The third kappa shape index (κ3) is 3.37. The number of carbonyl (C=O) groups excluding carboxylic acids is 1. The first kappa shape index (κ1) is 17.1. The van der Waals surface area contributed by atoms with Crippen LogP contribution in [0.3, 0.4) is 0 Å². The van der Waals surface area contributed by atoms with Gasteiger partial charge in [-0.25, -0.2) is 4.98 Å². The summed E-state index contributed by atoms with van der Waals surface area (Å²) >= 11 is 12.0. The molecular weight excluding hydrogens is 366 g/mol. The van der Waals surface area contributed by atoms with Crippen LogP contribution in [0.4, 0.5) is 13.2 Å². The topological polar surface area (TPSA) is 38.1 Å². The molecule has 0 fully saturated rings. The molecule has 0 saturated heterocycles. The molecule has 0 unspecified atom stereocenters. The van der Waals surface area contributed by atoms with E-state index in [1.807, 2.05) is 0 Å². The minimum atomic E-state index is -4.49. The first-order valence-corrected chi connectivity index (χ1v) is 7.85. The van der Waals surface area contributed by atoms with Crippen LogP contribution < -0.4 is 0 Å². The highest BCUT2D eigenvalue weighted by Crippen LogP contribution is 2.30. The SMILES string of the molecule is O=C(Cc1cccc(Cl)c1Cl)N1CCn2cc(C(F)(F)F)nc2C1. The van der Waals surface area contributed by atoms with Gasteiger partial charge in [0.25, 0.3) is 0 Å². The van der Waals surface area contributed by atoms with Gasteiger partial charge in [-0.05, 0) is 11.6 Å². The van der Waals surface area contributed by atoms with Gasteiger partial charge in [0.2, 0.25) is 5.91 Å². The van der Waals surface area contributed by atoms with E-state index in [2.05, 4.69) is 4.98 Å². The van der Waals surface area contributed by atoms with Crippen LogP contribution in [-0.2, 0) is 30.5 Å². The first-order valence-electron chi connectivity index (χ1n) is 7.09. The van der Waals surface area contributed by atoms with Crippen molar-refractivity contribution < 1.29 is 18.0 Å². The number of nitrogens with zero attached hydrogens (tertiary/aromatic N) is 3. The van der Waals surface area contributed by atoms with Gasteiger partial charge >= 0.3 is 6.18 Å². The number of alkyl halides is 3. The van der Waals surface area contributed by atoms with Crippen LogP contribution in [0.1, 0.15) is 17.1 Å². The van der Waals surface area contributed by atoms with Gasteiger partial charge in [-0.15, -0.1) is 0 Å². The summed E-state index contributed by atoms with van der Waals surface area (Å²) in [5, 5.41) is 0.663. The highest BCUT2D eigenvalue weighted by molar-refractivity contribution is 6.42. The van der Waals surface area contributed by atoms with Gasteiger partial charge in [0.05, 0.1) is 23.0 Å². The Morgan fingerprint density at radius 2 is 2.00 bits per heavy atom. The third-order valence-electron chi connectivity index (χ3n) is 3.82. The summed E-state index contributed by atoms with van der Waals surface area (Å²) in [6, 6.07) is 5.00. The van der Waals surface area contributed by atoms with E-state index in [0.29, 0.717) is 22.2 Å². The number of imidazole rings is 1. The second-order valence-electron chi connectivity index (χ2n) is 5.44. The second kappa shape index (κ2) is 6.29. The van der Waals surface area contributed by atoms with Gasteiger partial charge in [0, 0.05) is 19.3 Å². The smallest absolute Gasteiger partial charge is 0.333 e. The first-order chi connectivity index (χ1) is 11.3. The molecule has 0 aliphatic carbocycles. The molecule has 0 N–H and O–H groups in total. The molecule has 2 heterocycles. The summed E-state index contributed by atoms with van der Waals surface area (Å²) in [4.78, 5) is 17.5. The molecule has 1 aliphatic rings. The van der Waals surface area contributed by atoms with Crippen LogP contribution >= 0.6 is 23.2 Å². The Bertz CT molecular complexity index is 789. The molecule has 0 saturated carbocycles. The van der Waals surface area contributed by atoms with Gasteiger partial charge < -0.3 is 9.47 Å². The van der Waals surface area contributed by atoms with E-state index < -0.39 is 11.9 Å². The van der Waals surface area contributed by atoms with Crippen LogP contribution in [0.2, 0.25) is 10.0 Å².